The van der Waals surface area contributed by atoms with Crippen LogP contribution < -0.4 is 10.6 Å². The summed E-state index contributed by atoms with van der Waals surface area (Å²) in [4.78, 5) is 0. The molecule has 0 aliphatic heterocycles. The van der Waals surface area contributed by atoms with E-state index in [1.165, 1.54) is 11.5 Å². The number of thioether (sulfide) groups is 1. The topological polar surface area (TPSA) is 63.0 Å². The fourth-order valence-corrected chi connectivity index (χ4v) is 2.02. The quantitative estimate of drug-likeness (QED) is 0.638. The Bertz CT molecular complexity index is 317. The molecule has 1 rings (SSSR count). The van der Waals surface area contributed by atoms with Gasteiger partial charge in [-0.2, -0.15) is 11.8 Å². The van der Waals surface area contributed by atoms with Crippen molar-refractivity contribution in [3.63, 3.8) is 0 Å². The van der Waals surface area contributed by atoms with Crippen molar-refractivity contribution in [2.45, 2.75) is 33.7 Å². The normalized spacial score (nSPS) is 11.1. The van der Waals surface area contributed by atoms with Gasteiger partial charge < -0.3 is 15.1 Å². The molecule has 0 aliphatic carbocycles. The van der Waals surface area contributed by atoms with Gasteiger partial charge in [0.1, 0.15) is 0 Å². The zero-order chi connectivity index (χ0) is 13.2. The van der Waals surface area contributed by atoms with Crippen LogP contribution in [0.3, 0.4) is 0 Å². The molecule has 18 heavy (non-hydrogen) atoms. The smallest absolute Gasteiger partial charge is 0.315 e. The lowest BCUT2D eigenvalue weighted by molar-refractivity contribution is 0.458. The molecule has 0 aromatic carbocycles. The summed E-state index contributed by atoms with van der Waals surface area (Å²) < 4.78 is 5.47. The second-order valence-electron chi connectivity index (χ2n) is 4.50. The van der Waals surface area contributed by atoms with Crippen LogP contribution in [0, 0.1) is 5.92 Å². The van der Waals surface area contributed by atoms with Crippen molar-refractivity contribution in [3.05, 3.63) is 5.89 Å². The number of rotatable bonds is 10. The summed E-state index contributed by atoms with van der Waals surface area (Å²) in [6.45, 7) is 8.99. The Hall–Kier alpha value is -0.750. The number of hydrogen-bond acceptors (Lipinski definition) is 6. The van der Waals surface area contributed by atoms with Crippen molar-refractivity contribution in [1.82, 2.24) is 15.5 Å². The Balaban J connectivity index is 2.13. The lowest BCUT2D eigenvalue weighted by Crippen LogP contribution is -2.19. The van der Waals surface area contributed by atoms with Crippen LogP contribution in [0.2, 0.25) is 0 Å². The van der Waals surface area contributed by atoms with Gasteiger partial charge >= 0.3 is 6.01 Å². The second-order valence-corrected chi connectivity index (χ2v) is 5.90. The molecule has 0 unspecified atom stereocenters. The minimum absolute atomic E-state index is 0.526. The summed E-state index contributed by atoms with van der Waals surface area (Å²) in [5.74, 6) is 3.61. The minimum Gasteiger partial charge on any atom is -0.407 e. The number of nitrogens with one attached hydrogen (secondary N) is 2. The third kappa shape index (κ3) is 6.86. The molecule has 0 spiro atoms. The van der Waals surface area contributed by atoms with Crippen LogP contribution in [0.5, 0.6) is 0 Å². The molecule has 0 fully saturated rings. The van der Waals surface area contributed by atoms with Gasteiger partial charge in [0.25, 0.3) is 0 Å². The van der Waals surface area contributed by atoms with Crippen molar-refractivity contribution < 1.29 is 4.42 Å². The van der Waals surface area contributed by atoms with Gasteiger partial charge in [0.05, 0.1) is 6.54 Å². The van der Waals surface area contributed by atoms with Crippen LogP contribution in [0.4, 0.5) is 6.01 Å². The van der Waals surface area contributed by atoms with Crippen LogP contribution in [0.25, 0.3) is 0 Å². The molecule has 2 N–H and O–H groups in total. The van der Waals surface area contributed by atoms with Gasteiger partial charge in [-0.15, -0.1) is 5.10 Å². The average Bonchev–Trinajstić information content (AvgIpc) is 2.76. The average molecular weight is 272 g/mol. The number of hydrogen-bond donors (Lipinski definition) is 2. The van der Waals surface area contributed by atoms with E-state index in [9.17, 15) is 0 Å². The lowest BCUT2D eigenvalue weighted by atomic mass is 10.2. The first-order valence-corrected chi connectivity index (χ1v) is 7.72. The molecule has 6 heteroatoms. The van der Waals surface area contributed by atoms with E-state index in [1.54, 1.807) is 0 Å². The highest BCUT2D eigenvalue weighted by molar-refractivity contribution is 7.99. The SMILES string of the molecule is CCSCCCNc1nnc(CNCC(C)C)o1. The van der Waals surface area contributed by atoms with Crippen LogP contribution in [0.15, 0.2) is 4.42 Å². The molecule has 0 amide bonds. The molecule has 0 aliphatic rings. The highest BCUT2D eigenvalue weighted by Crippen LogP contribution is 2.06. The molecule has 0 saturated heterocycles. The molecule has 5 nitrogen and oxygen atoms in total. The van der Waals surface area contributed by atoms with Gasteiger partial charge in [-0.05, 0) is 30.4 Å². The third-order valence-electron chi connectivity index (χ3n) is 2.24. The molecule has 104 valence electrons. The zero-order valence-corrected chi connectivity index (χ0v) is 12.3. The Morgan fingerprint density at radius 3 is 2.89 bits per heavy atom. The van der Waals surface area contributed by atoms with Crippen LogP contribution in [-0.4, -0.2) is 34.8 Å². The van der Waals surface area contributed by atoms with E-state index in [0.29, 0.717) is 24.4 Å². The number of anilines is 1. The van der Waals surface area contributed by atoms with Gasteiger partial charge in [-0.25, -0.2) is 0 Å². The monoisotopic (exact) mass is 272 g/mol. The van der Waals surface area contributed by atoms with E-state index >= 15 is 0 Å². The van der Waals surface area contributed by atoms with Crippen molar-refractivity contribution in [1.29, 1.82) is 0 Å². The highest BCUT2D eigenvalue weighted by atomic mass is 32.2. The maximum Gasteiger partial charge on any atom is 0.315 e. The standard InChI is InChI=1S/C12H24N4OS/c1-4-18-7-5-6-14-12-16-15-11(17-12)9-13-8-10(2)3/h10,13H,4-9H2,1-3H3,(H,14,16). The van der Waals surface area contributed by atoms with Crippen LogP contribution in [-0.2, 0) is 6.54 Å². The van der Waals surface area contributed by atoms with E-state index in [1.807, 2.05) is 11.8 Å². The maximum absolute atomic E-state index is 5.47. The Labute approximate surface area is 114 Å². The summed E-state index contributed by atoms with van der Waals surface area (Å²) >= 11 is 1.95. The van der Waals surface area contributed by atoms with Crippen LogP contribution >= 0.6 is 11.8 Å². The number of aromatic nitrogens is 2. The maximum atomic E-state index is 5.47. The first-order chi connectivity index (χ1) is 8.72. The van der Waals surface area contributed by atoms with Crippen molar-refractivity contribution in [2.75, 3.05) is 29.9 Å². The van der Waals surface area contributed by atoms with Crippen molar-refractivity contribution in [3.8, 4) is 0 Å². The van der Waals surface area contributed by atoms with Crippen molar-refractivity contribution >= 4 is 17.8 Å². The molecule has 0 saturated carbocycles. The first-order valence-electron chi connectivity index (χ1n) is 6.57. The predicted molar refractivity (Wildman–Crippen MR) is 76.9 cm³/mol. The van der Waals surface area contributed by atoms with E-state index in [-0.39, 0.29) is 0 Å². The summed E-state index contributed by atoms with van der Waals surface area (Å²) in [5.41, 5.74) is 0. The molecule has 0 bridgehead atoms. The molecule has 0 atom stereocenters. The van der Waals surface area contributed by atoms with Gasteiger partial charge in [-0.3, -0.25) is 0 Å². The molecule has 1 aromatic rings. The third-order valence-corrected chi connectivity index (χ3v) is 3.23. The van der Waals surface area contributed by atoms with E-state index in [0.717, 1.165) is 19.5 Å². The van der Waals surface area contributed by atoms with Gasteiger partial charge in [-0.1, -0.05) is 25.9 Å². The Morgan fingerprint density at radius 1 is 1.33 bits per heavy atom. The largest absolute Gasteiger partial charge is 0.407 e. The lowest BCUT2D eigenvalue weighted by Gasteiger charge is -2.03. The molecule has 1 heterocycles. The first kappa shape index (κ1) is 15.3. The molecular formula is C12H24N4OS. The van der Waals surface area contributed by atoms with E-state index < -0.39 is 0 Å². The summed E-state index contributed by atoms with van der Waals surface area (Å²) in [6, 6.07) is 0.526. The van der Waals surface area contributed by atoms with Gasteiger partial charge in [0, 0.05) is 6.54 Å². The summed E-state index contributed by atoms with van der Waals surface area (Å²) in [6.07, 6.45) is 1.11. The predicted octanol–water partition coefficient (Wildman–Crippen LogP) is 2.37. The molecule has 0 radical (unpaired) electrons. The summed E-state index contributed by atoms with van der Waals surface area (Å²) in [7, 11) is 0. The Kier molecular flexibility index (Phi) is 7.84. The zero-order valence-electron chi connectivity index (χ0n) is 11.5. The van der Waals surface area contributed by atoms with E-state index in [2.05, 4.69) is 41.6 Å². The van der Waals surface area contributed by atoms with Gasteiger partial charge in [0.2, 0.25) is 5.89 Å². The minimum atomic E-state index is 0.526. The molecular weight excluding hydrogens is 248 g/mol. The van der Waals surface area contributed by atoms with Crippen molar-refractivity contribution in [2.24, 2.45) is 5.92 Å². The number of nitrogens with zero attached hydrogens (tertiary/aromatic N) is 2. The Morgan fingerprint density at radius 2 is 2.17 bits per heavy atom. The molecule has 1 aromatic heterocycles. The van der Waals surface area contributed by atoms with E-state index in [4.69, 9.17) is 4.42 Å². The fourth-order valence-electron chi connectivity index (χ4n) is 1.38. The highest BCUT2D eigenvalue weighted by Gasteiger charge is 2.04. The fraction of sp³-hybridized carbons (Fsp3) is 0.833. The van der Waals surface area contributed by atoms with Gasteiger partial charge in [0.15, 0.2) is 0 Å². The summed E-state index contributed by atoms with van der Waals surface area (Å²) in [5, 5.41) is 14.4. The van der Waals surface area contributed by atoms with Crippen LogP contribution in [0.1, 0.15) is 33.1 Å². The second kappa shape index (κ2) is 9.22.